The maximum absolute atomic E-state index is 12.2. The van der Waals surface area contributed by atoms with Gasteiger partial charge in [0.2, 0.25) is 5.96 Å². The largest absolute Gasteiger partial charge is 0.325 e. The molecule has 0 aromatic heterocycles. The first-order chi connectivity index (χ1) is 10.6. The van der Waals surface area contributed by atoms with Crippen LogP contribution >= 0.6 is 0 Å². The highest BCUT2D eigenvalue weighted by atomic mass is 16.2. The van der Waals surface area contributed by atoms with Crippen LogP contribution in [0.25, 0.3) is 0 Å². The van der Waals surface area contributed by atoms with Gasteiger partial charge in [-0.1, -0.05) is 18.2 Å². The van der Waals surface area contributed by atoms with Crippen LogP contribution in [0.15, 0.2) is 29.3 Å². The minimum absolute atomic E-state index is 0.265. The topological polar surface area (TPSA) is 68.2 Å². The Morgan fingerprint density at radius 2 is 2.00 bits per heavy atom. The third kappa shape index (κ3) is 1.65. The molecule has 3 aliphatic heterocycles. The molecule has 1 aromatic carbocycles. The van der Waals surface area contributed by atoms with Crippen LogP contribution in [0, 0.1) is 6.92 Å². The Kier molecular flexibility index (Phi) is 2.66. The van der Waals surface area contributed by atoms with Crippen molar-refractivity contribution in [3.05, 3.63) is 29.8 Å². The SMILES string of the molecule is Cc1ccccc1N1CCN2C1=NC1C2C(=O)NC(=O)N1C. The molecule has 1 aromatic rings. The molecular weight excluding hydrogens is 282 g/mol. The highest BCUT2D eigenvalue weighted by Gasteiger charge is 2.51. The lowest BCUT2D eigenvalue weighted by molar-refractivity contribution is -0.126. The monoisotopic (exact) mass is 299 g/mol. The maximum atomic E-state index is 12.2. The number of para-hydroxylation sites is 1. The first-order valence-electron chi connectivity index (χ1n) is 7.33. The molecule has 1 N–H and O–H groups in total. The Morgan fingerprint density at radius 1 is 1.23 bits per heavy atom. The van der Waals surface area contributed by atoms with Crippen molar-refractivity contribution in [2.24, 2.45) is 4.99 Å². The van der Waals surface area contributed by atoms with Gasteiger partial charge in [0.1, 0.15) is 0 Å². The molecule has 7 nitrogen and oxygen atoms in total. The molecule has 0 radical (unpaired) electrons. The molecule has 114 valence electrons. The number of rotatable bonds is 1. The number of anilines is 1. The number of nitrogens with one attached hydrogen (secondary N) is 1. The Hall–Kier alpha value is -2.57. The number of aryl methyl sites for hydroxylation is 1. The van der Waals surface area contributed by atoms with Gasteiger partial charge in [-0.05, 0) is 18.6 Å². The second-order valence-corrected chi connectivity index (χ2v) is 5.82. The summed E-state index contributed by atoms with van der Waals surface area (Å²) in [4.78, 5) is 34.2. The molecule has 22 heavy (non-hydrogen) atoms. The Bertz CT molecular complexity index is 701. The summed E-state index contributed by atoms with van der Waals surface area (Å²) in [5.41, 5.74) is 2.26. The van der Waals surface area contributed by atoms with Crippen molar-refractivity contribution in [1.82, 2.24) is 15.1 Å². The quantitative estimate of drug-likeness (QED) is 0.813. The van der Waals surface area contributed by atoms with E-state index in [9.17, 15) is 9.59 Å². The van der Waals surface area contributed by atoms with Crippen molar-refractivity contribution < 1.29 is 9.59 Å². The van der Waals surface area contributed by atoms with Crippen LogP contribution in [-0.4, -0.2) is 60.0 Å². The number of aliphatic imine (C=N–C) groups is 1. The van der Waals surface area contributed by atoms with Crippen molar-refractivity contribution in [3.8, 4) is 0 Å². The molecule has 4 rings (SSSR count). The van der Waals surface area contributed by atoms with Gasteiger partial charge in [-0.3, -0.25) is 10.1 Å². The summed E-state index contributed by atoms with van der Waals surface area (Å²) in [6, 6.07) is 7.30. The van der Waals surface area contributed by atoms with E-state index in [1.54, 1.807) is 7.05 Å². The number of carbonyl (C=O) groups excluding carboxylic acids is 2. The summed E-state index contributed by atoms with van der Waals surface area (Å²) in [7, 11) is 1.67. The molecule has 2 unspecified atom stereocenters. The normalized spacial score (nSPS) is 26.8. The fraction of sp³-hybridized carbons (Fsp3) is 0.400. The highest BCUT2D eigenvalue weighted by molar-refractivity contribution is 6.08. The van der Waals surface area contributed by atoms with Crippen LogP contribution in [0.2, 0.25) is 0 Å². The molecule has 0 spiro atoms. The number of hydrogen-bond donors (Lipinski definition) is 1. The van der Waals surface area contributed by atoms with Crippen molar-refractivity contribution in [1.29, 1.82) is 0 Å². The van der Waals surface area contributed by atoms with Gasteiger partial charge >= 0.3 is 6.03 Å². The molecule has 3 heterocycles. The van der Waals surface area contributed by atoms with E-state index in [0.29, 0.717) is 0 Å². The van der Waals surface area contributed by atoms with E-state index in [4.69, 9.17) is 0 Å². The average Bonchev–Trinajstić information content (AvgIpc) is 3.04. The maximum Gasteiger partial charge on any atom is 0.325 e. The van der Waals surface area contributed by atoms with Crippen LogP contribution in [0.3, 0.4) is 0 Å². The summed E-state index contributed by atoms with van der Waals surface area (Å²) >= 11 is 0. The molecule has 7 heteroatoms. The van der Waals surface area contributed by atoms with Gasteiger partial charge in [0.15, 0.2) is 12.2 Å². The zero-order valence-corrected chi connectivity index (χ0v) is 12.5. The van der Waals surface area contributed by atoms with E-state index in [1.807, 2.05) is 17.0 Å². The van der Waals surface area contributed by atoms with E-state index in [0.717, 1.165) is 30.3 Å². The zero-order chi connectivity index (χ0) is 15.4. The molecule has 2 saturated heterocycles. The van der Waals surface area contributed by atoms with Crippen LogP contribution < -0.4 is 10.2 Å². The minimum Gasteiger partial charge on any atom is -0.325 e. The average molecular weight is 299 g/mol. The van der Waals surface area contributed by atoms with Gasteiger partial charge in [0, 0.05) is 25.8 Å². The predicted octanol–water partition coefficient (Wildman–Crippen LogP) is 0.363. The van der Waals surface area contributed by atoms with E-state index in [1.165, 1.54) is 4.90 Å². The van der Waals surface area contributed by atoms with Gasteiger partial charge in [0.25, 0.3) is 5.91 Å². The molecule has 0 aliphatic carbocycles. The lowest BCUT2D eigenvalue weighted by Crippen LogP contribution is -2.63. The first-order valence-corrected chi connectivity index (χ1v) is 7.33. The van der Waals surface area contributed by atoms with Crippen LogP contribution in [0.5, 0.6) is 0 Å². The number of hydrogen-bond acceptors (Lipinski definition) is 5. The summed E-state index contributed by atoms with van der Waals surface area (Å²) in [5.74, 6) is 0.513. The zero-order valence-electron chi connectivity index (χ0n) is 12.5. The predicted molar refractivity (Wildman–Crippen MR) is 81.5 cm³/mol. The smallest absolute Gasteiger partial charge is 0.325 e. The summed E-state index contributed by atoms with van der Waals surface area (Å²) in [6.07, 6.45) is -0.442. The third-order valence-electron chi connectivity index (χ3n) is 4.55. The number of carbonyl (C=O) groups is 2. The molecule has 0 bridgehead atoms. The number of nitrogens with zero attached hydrogens (tertiary/aromatic N) is 4. The van der Waals surface area contributed by atoms with E-state index in [-0.39, 0.29) is 11.9 Å². The number of urea groups is 1. The highest BCUT2D eigenvalue weighted by Crippen LogP contribution is 2.32. The van der Waals surface area contributed by atoms with Gasteiger partial charge in [-0.2, -0.15) is 0 Å². The molecular formula is C15H17N5O2. The number of fused-ring (bicyclic) bond motifs is 3. The van der Waals surface area contributed by atoms with Gasteiger partial charge < -0.3 is 14.7 Å². The fourth-order valence-corrected chi connectivity index (χ4v) is 3.38. The molecule has 3 aliphatic rings. The lowest BCUT2D eigenvalue weighted by atomic mass is 10.1. The molecule has 2 atom stereocenters. The van der Waals surface area contributed by atoms with Crippen molar-refractivity contribution in [2.45, 2.75) is 19.1 Å². The second kappa shape index (κ2) is 4.46. The molecule has 2 fully saturated rings. The second-order valence-electron chi connectivity index (χ2n) is 5.82. The minimum atomic E-state index is -0.442. The first kappa shape index (κ1) is 13.1. The van der Waals surface area contributed by atoms with Crippen LogP contribution in [-0.2, 0) is 4.79 Å². The van der Waals surface area contributed by atoms with E-state index < -0.39 is 12.2 Å². The van der Waals surface area contributed by atoms with Gasteiger partial charge in [-0.25, -0.2) is 9.79 Å². The van der Waals surface area contributed by atoms with Gasteiger partial charge in [-0.15, -0.1) is 0 Å². The van der Waals surface area contributed by atoms with Gasteiger partial charge in [0.05, 0.1) is 0 Å². The number of guanidine groups is 1. The Balaban J connectivity index is 1.73. The standard InChI is InChI=1S/C15H17N5O2/c1-9-5-3-4-6-10(9)19-7-8-20-11-12(16-14(19)20)18(2)15(22)17-13(11)21/h3-6,11-12H,7-8H2,1-2H3,(H,17,21,22). The molecule has 3 amide bonds. The fourth-order valence-electron chi connectivity index (χ4n) is 3.38. The van der Waals surface area contributed by atoms with E-state index in [2.05, 4.69) is 34.3 Å². The number of amides is 3. The summed E-state index contributed by atoms with van der Waals surface area (Å²) < 4.78 is 0. The van der Waals surface area contributed by atoms with E-state index >= 15 is 0 Å². The summed E-state index contributed by atoms with van der Waals surface area (Å²) in [5, 5.41) is 2.39. The lowest BCUT2D eigenvalue weighted by Gasteiger charge is -2.34. The number of benzene rings is 1. The van der Waals surface area contributed by atoms with Crippen molar-refractivity contribution in [2.75, 3.05) is 25.0 Å². The Morgan fingerprint density at radius 3 is 2.77 bits per heavy atom. The van der Waals surface area contributed by atoms with Crippen molar-refractivity contribution in [3.63, 3.8) is 0 Å². The van der Waals surface area contributed by atoms with Crippen LogP contribution in [0.4, 0.5) is 10.5 Å². The van der Waals surface area contributed by atoms with Crippen LogP contribution in [0.1, 0.15) is 5.56 Å². The Labute approximate surface area is 128 Å². The molecule has 0 saturated carbocycles. The summed E-state index contributed by atoms with van der Waals surface area (Å²) in [6.45, 7) is 3.57. The number of likely N-dealkylation sites (N-methyl/N-ethyl adjacent to an activating group) is 1. The number of imide groups is 1. The third-order valence-corrected chi connectivity index (χ3v) is 4.55. The van der Waals surface area contributed by atoms with Crippen molar-refractivity contribution >= 4 is 23.6 Å².